The number of hydrogen-bond donors (Lipinski definition) is 2. The Hall–Kier alpha value is -1.30. The zero-order chi connectivity index (χ0) is 16.1. The summed E-state index contributed by atoms with van der Waals surface area (Å²) in [6, 6.07) is 7.33. The number of carbonyl (C=O) groups excluding carboxylic acids is 1. The standard InChI is InChI=1S/C18H26N2O3.ClH/c19-13-18(8-1-2-9-18)20-17(21)14-5-3-6-15(11-14)23-12-16-7-4-10-22-16;/h3,5-6,11,16H,1-2,4,7-10,12-13,19H2,(H,20,21);1H. The van der Waals surface area contributed by atoms with E-state index in [1.54, 1.807) is 6.07 Å². The molecule has 1 unspecified atom stereocenters. The fourth-order valence-electron chi connectivity index (χ4n) is 3.44. The lowest BCUT2D eigenvalue weighted by atomic mass is 9.97. The summed E-state index contributed by atoms with van der Waals surface area (Å²) in [7, 11) is 0. The molecule has 1 aliphatic carbocycles. The fraction of sp³-hybridized carbons (Fsp3) is 0.611. The molecule has 6 heteroatoms. The highest BCUT2D eigenvalue weighted by atomic mass is 35.5. The van der Waals surface area contributed by atoms with Crippen molar-refractivity contribution in [1.29, 1.82) is 0 Å². The third-order valence-corrected chi connectivity index (χ3v) is 4.89. The molecule has 0 aromatic heterocycles. The van der Waals surface area contributed by atoms with Crippen LogP contribution in [0.2, 0.25) is 0 Å². The molecule has 0 radical (unpaired) electrons. The number of halogens is 1. The highest BCUT2D eigenvalue weighted by Crippen LogP contribution is 2.29. The van der Waals surface area contributed by atoms with Crippen molar-refractivity contribution in [3.8, 4) is 5.75 Å². The molecule has 3 rings (SSSR count). The topological polar surface area (TPSA) is 73.6 Å². The van der Waals surface area contributed by atoms with Crippen molar-refractivity contribution >= 4 is 18.3 Å². The zero-order valence-electron chi connectivity index (χ0n) is 14.0. The maximum atomic E-state index is 12.5. The third-order valence-electron chi connectivity index (χ3n) is 4.89. The summed E-state index contributed by atoms with van der Waals surface area (Å²) in [5.41, 5.74) is 6.28. The molecule has 3 N–H and O–H groups in total. The van der Waals surface area contributed by atoms with E-state index in [1.807, 2.05) is 18.2 Å². The lowest BCUT2D eigenvalue weighted by Crippen LogP contribution is -2.51. The van der Waals surface area contributed by atoms with Crippen LogP contribution in [0.3, 0.4) is 0 Å². The molecule has 0 spiro atoms. The van der Waals surface area contributed by atoms with Crippen molar-refractivity contribution in [2.45, 2.75) is 50.2 Å². The Kier molecular flexibility index (Phi) is 6.90. The van der Waals surface area contributed by atoms with Gasteiger partial charge >= 0.3 is 0 Å². The predicted octanol–water partition coefficient (Wildman–Crippen LogP) is 2.67. The van der Waals surface area contributed by atoms with Crippen LogP contribution in [-0.4, -0.2) is 37.3 Å². The lowest BCUT2D eigenvalue weighted by molar-refractivity contribution is 0.0679. The summed E-state index contributed by atoms with van der Waals surface area (Å²) in [4.78, 5) is 12.5. The number of nitrogens with two attached hydrogens (primary N) is 1. The SMILES string of the molecule is Cl.NCC1(NC(=O)c2cccc(OCC3CCCO3)c2)CCCC1. The first-order valence-corrected chi connectivity index (χ1v) is 8.58. The molecule has 134 valence electrons. The van der Waals surface area contributed by atoms with Gasteiger partial charge in [-0.2, -0.15) is 0 Å². The van der Waals surface area contributed by atoms with Crippen LogP contribution in [0.25, 0.3) is 0 Å². The van der Waals surface area contributed by atoms with Crippen molar-refractivity contribution in [3.63, 3.8) is 0 Å². The van der Waals surface area contributed by atoms with Crippen LogP contribution in [0, 0.1) is 0 Å². The minimum Gasteiger partial charge on any atom is -0.491 e. The van der Waals surface area contributed by atoms with Gasteiger partial charge in [0.05, 0.1) is 11.6 Å². The molecule has 5 nitrogen and oxygen atoms in total. The van der Waals surface area contributed by atoms with E-state index in [9.17, 15) is 4.79 Å². The van der Waals surface area contributed by atoms with Crippen molar-refractivity contribution in [2.75, 3.05) is 19.8 Å². The molecule has 1 amide bonds. The Morgan fingerprint density at radius 3 is 2.79 bits per heavy atom. The second-order valence-electron chi connectivity index (χ2n) is 6.62. The van der Waals surface area contributed by atoms with Gasteiger partial charge in [-0.05, 0) is 43.9 Å². The maximum Gasteiger partial charge on any atom is 0.251 e. The lowest BCUT2D eigenvalue weighted by Gasteiger charge is -2.28. The molecule has 1 saturated carbocycles. The van der Waals surface area contributed by atoms with Crippen LogP contribution in [0.5, 0.6) is 5.75 Å². The Morgan fingerprint density at radius 1 is 1.33 bits per heavy atom. The molecule has 1 heterocycles. The van der Waals surface area contributed by atoms with Crippen molar-refractivity contribution in [3.05, 3.63) is 29.8 Å². The normalized spacial score (nSPS) is 22.0. The average Bonchev–Trinajstić information content (AvgIpc) is 3.25. The third kappa shape index (κ3) is 4.62. The van der Waals surface area contributed by atoms with Crippen LogP contribution < -0.4 is 15.8 Å². The molecule has 1 aromatic carbocycles. The average molecular weight is 355 g/mol. The molecular formula is C18H27ClN2O3. The van der Waals surface area contributed by atoms with Gasteiger partial charge in [0.2, 0.25) is 0 Å². The van der Waals surface area contributed by atoms with E-state index in [0.717, 1.165) is 45.1 Å². The van der Waals surface area contributed by atoms with Crippen LogP contribution in [-0.2, 0) is 4.74 Å². The van der Waals surface area contributed by atoms with Gasteiger partial charge in [-0.3, -0.25) is 4.79 Å². The summed E-state index contributed by atoms with van der Waals surface area (Å²) >= 11 is 0. The molecule has 0 bridgehead atoms. The number of carbonyl (C=O) groups is 1. The first-order valence-electron chi connectivity index (χ1n) is 8.58. The van der Waals surface area contributed by atoms with Gasteiger partial charge < -0.3 is 20.5 Å². The molecule has 1 aromatic rings. The van der Waals surface area contributed by atoms with Gasteiger partial charge in [0.15, 0.2) is 0 Å². The van der Waals surface area contributed by atoms with E-state index in [1.165, 1.54) is 0 Å². The number of ether oxygens (including phenoxy) is 2. The molecule has 2 aliphatic rings. The number of rotatable bonds is 6. The monoisotopic (exact) mass is 354 g/mol. The van der Waals surface area contributed by atoms with Gasteiger partial charge in [0.1, 0.15) is 12.4 Å². The number of amides is 1. The fourth-order valence-corrected chi connectivity index (χ4v) is 3.44. The van der Waals surface area contributed by atoms with Crippen LogP contribution in [0.1, 0.15) is 48.9 Å². The Bertz CT molecular complexity index is 541. The Labute approximate surface area is 149 Å². The molecule has 1 saturated heterocycles. The maximum absolute atomic E-state index is 12.5. The van der Waals surface area contributed by atoms with Gasteiger partial charge in [-0.25, -0.2) is 0 Å². The zero-order valence-corrected chi connectivity index (χ0v) is 14.8. The van der Waals surface area contributed by atoms with Crippen molar-refractivity contribution in [1.82, 2.24) is 5.32 Å². The first-order chi connectivity index (χ1) is 11.2. The second kappa shape index (κ2) is 8.70. The summed E-state index contributed by atoms with van der Waals surface area (Å²) < 4.78 is 11.3. The quantitative estimate of drug-likeness (QED) is 0.823. The minimum atomic E-state index is -0.231. The summed E-state index contributed by atoms with van der Waals surface area (Å²) in [6.45, 7) is 1.85. The smallest absolute Gasteiger partial charge is 0.251 e. The van der Waals surface area contributed by atoms with E-state index < -0.39 is 0 Å². The molecule has 1 atom stereocenters. The largest absolute Gasteiger partial charge is 0.491 e. The Morgan fingerprint density at radius 2 is 2.12 bits per heavy atom. The van der Waals surface area contributed by atoms with Gasteiger partial charge in [-0.15, -0.1) is 12.4 Å². The highest BCUT2D eigenvalue weighted by Gasteiger charge is 2.34. The molecular weight excluding hydrogens is 328 g/mol. The first kappa shape index (κ1) is 19.0. The summed E-state index contributed by atoms with van der Waals surface area (Å²) in [5.74, 6) is 0.640. The van der Waals surface area contributed by atoms with E-state index in [-0.39, 0.29) is 30.0 Å². The molecule has 2 fully saturated rings. The Balaban J connectivity index is 0.00000208. The number of nitrogens with one attached hydrogen (secondary N) is 1. The number of benzene rings is 1. The molecule has 24 heavy (non-hydrogen) atoms. The van der Waals surface area contributed by atoms with Crippen LogP contribution in [0.15, 0.2) is 24.3 Å². The van der Waals surface area contributed by atoms with E-state index in [2.05, 4.69) is 5.32 Å². The van der Waals surface area contributed by atoms with Crippen LogP contribution in [0.4, 0.5) is 0 Å². The number of hydrogen-bond acceptors (Lipinski definition) is 4. The van der Waals surface area contributed by atoms with Gasteiger partial charge in [0, 0.05) is 18.7 Å². The minimum absolute atomic E-state index is 0. The van der Waals surface area contributed by atoms with E-state index in [4.69, 9.17) is 15.2 Å². The summed E-state index contributed by atoms with van der Waals surface area (Å²) in [6.07, 6.45) is 6.49. The predicted molar refractivity (Wildman–Crippen MR) is 95.9 cm³/mol. The highest BCUT2D eigenvalue weighted by molar-refractivity contribution is 5.95. The van der Waals surface area contributed by atoms with E-state index >= 15 is 0 Å². The van der Waals surface area contributed by atoms with Crippen molar-refractivity contribution < 1.29 is 14.3 Å². The van der Waals surface area contributed by atoms with Crippen molar-refractivity contribution in [2.24, 2.45) is 5.73 Å². The van der Waals surface area contributed by atoms with Crippen LogP contribution >= 0.6 is 12.4 Å². The van der Waals surface area contributed by atoms with Gasteiger partial charge in [0.25, 0.3) is 5.91 Å². The van der Waals surface area contributed by atoms with Gasteiger partial charge in [-0.1, -0.05) is 18.9 Å². The van der Waals surface area contributed by atoms with E-state index in [0.29, 0.717) is 24.5 Å². The summed E-state index contributed by atoms with van der Waals surface area (Å²) in [5, 5.41) is 3.14. The second-order valence-corrected chi connectivity index (χ2v) is 6.62. The molecule has 1 aliphatic heterocycles.